The van der Waals surface area contributed by atoms with Gasteiger partial charge in [-0.1, -0.05) is 24.3 Å². The Kier molecular flexibility index (Phi) is 6.98. The summed E-state index contributed by atoms with van der Waals surface area (Å²) < 4.78 is 0. The molecule has 5 nitrogen and oxygen atoms in total. The molecule has 144 valence electrons. The molecule has 1 aliphatic heterocycles. The molecule has 26 heavy (non-hydrogen) atoms. The van der Waals surface area contributed by atoms with E-state index in [9.17, 15) is 9.59 Å². The van der Waals surface area contributed by atoms with Gasteiger partial charge in [0.05, 0.1) is 5.25 Å². The number of nitrogens with one attached hydrogen (secondary N) is 1. The van der Waals surface area contributed by atoms with Gasteiger partial charge in [-0.3, -0.25) is 4.79 Å². The van der Waals surface area contributed by atoms with Crippen LogP contribution in [0.3, 0.4) is 0 Å². The van der Waals surface area contributed by atoms with Crippen LogP contribution in [0.4, 0.5) is 4.79 Å². The van der Waals surface area contributed by atoms with Crippen LogP contribution in [0.2, 0.25) is 0 Å². The molecule has 1 aliphatic rings. The largest absolute Gasteiger partial charge is 0.336 e. The summed E-state index contributed by atoms with van der Waals surface area (Å²) in [5.74, 6) is 0.149. The van der Waals surface area contributed by atoms with Crippen molar-refractivity contribution in [2.24, 2.45) is 0 Å². The van der Waals surface area contributed by atoms with E-state index in [1.54, 1.807) is 16.7 Å². The molecule has 2 rings (SSSR count). The second-order valence-corrected chi connectivity index (χ2v) is 8.84. The second kappa shape index (κ2) is 8.80. The number of nitrogens with zero attached hydrogens (tertiary/aromatic N) is 2. The van der Waals surface area contributed by atoms with Crippen molar-refractivity contribution in [2.75, 3.05) is 13.1 Å². The van der Waals surface area contributed by atoms with Crippen molar-refractivity contribution < 1.29 is 9.59 Å². The first-order valence-corrected chi connectivity index (χ1v) is 10.2. The number of urea groups is 1. The van der Waals surface area contributed by atoms with Gasteiger partial charge >= 0.3 is 6.03 Å². The van der Waals surface area contributed by atoms with Crippen LogP contribution >= 0.6 is 11.8 Å². The molecule has 0 saturated carbocycles. The Hall–Kier alpha value is -1.69. The predicted octanol–water partition coefficient (Wildman–Crippen LogP) is 3.79. The lowest BCUT2D eigenvalue weighted by atomic mass is 10.1. The molecule has 0 unspecified atom stereocenters. The summed E-state index contributed by atoms with van der Waals surface area (Å²) >= 11 is 1.69. The lowest BCUT2D eigenvalue weighted by molar-refractivity contribution is -0.130. The molecule has 0 spiro atoms. The highest BCUT2D eigenvalue weighted by Crippen LogP contribution is 2.43. The van der Waals surface area contributed by atoms with E-state index >= 15 is 0 Å². The highest BCUT2D eigenvalue weighted by atomic mass is 32.2. The number of benzene rings is 1. The fraction of sp³-hybridized carbons (Fsp3) is 0.600. The SMILES string of the molecule is Cc1ccccc1[C@@H]1S[C@H](C)C(=O)N1CCN(C(=O)NC(C)C)C(C)C. The molecule has 1 saturated heterocycles. The van der Waals surface area contributed by atoms with E-state index in [1.165, 1.54) is 11.1 Å². The Labute approximate surface area is 161 Å². The molecule has 0 aliphatic carbocycles. The minimum absolute atomic E-state index is 0.0147. The average Bonchev–Trinajstić information content (AvgIpc) is 2.82. The third-order valence-corrected chi connectivity index (χ3v) is 5.96. The second-order valence-electron chi connectivity index (χ2n) is 7.41. The molecular weight excluding hydrogens is 346 g/mol. The first kappa shape index (κ1) is 20.6. The number of carbonyl (C=O) groups is 2. The summed E-state index contributed by atoms with van der Waals surface area (Å²) in [7, 11) is 0. The van der Waals surface area contributed by atoms with Gasteiger partial charge in [-0.15, -0.1) is 11.8 Å². The topological polar surface area (TPSA) is 52.7 Å². The number of amides is 3. The lowest BCUT2D eigenvalue weighted by Crippen LogP contribution is -2.49. The summed E-state index contributed by atoms with van der Waals surface area (Å²) in [6, 6.07) is 8.31. The van der Waals surface area contributed by atoms with E-state index in [0.29, 0.717) is 13.1 Å². The van der Waals surface area contributed by atoms with E-state index in [-0.39, 0.29) is 34.6 Å². The van der Waals surface area contributed by atoms with Gasteiger partial charge in [-0.05, 0) is 52.7 Å². The van der Waals surface area contributed by atoms with Crippen LogP contribution in [-0.2, 0) is 4.79 Å². The fourth-order valence-electron chi connectivity index (χ4n) is 3.15. The first-order valence-electron chi connectivity index (χ1n) is 9.31. The quantitative estimate of drug-likeness (QED) is 0.821. The molecule has 1 aromatic carbocycles. The van der Waals surface area contributed by atoms with E-state index < -0.39 is 0 Å². The minimum Gasteiger partial charge on any atom is -0.336 e. The maximum atomic E-state index is 12.7. The molecule has 6 heteroatoms. The summed E-state index contributed by atoms with van der Waals surface area (Å²) in [4.78, 5) is 28.9. The van der Waals surface area contributed by atoms with Crippen molar-refractivity contribution >= 4 is 23.7 Å². The summed E-state index contributed by atoms with van der Waals surface area (Å²) in [6.45, 7) is 13.0. The van der Waals surface area contributed by atoms with Crippen LogP contribution in [-0.4, -0.2) is 52.2 Å². The maximum Gasteiger partial charge on any atom is 0.317 e. The Balaban J connectivity index is 2.15. The lowest BCUT2D eigenvalue weighted by Gasteiger charge is -2.32. The van der Waals surface area contributed by atoms with Crippen molar-refractivity contribution in [1.29, 1.82) is 0 Å². The highest BCUT2D eigenvalue weighted by Gasteiger charge is 2.39. The Morgan fingerprint density at radius 1 is 1.27 bits per heavy atom. The van der Waals surface area contributed by atoms with Crippen LogP contribution in [0.25, 0.3) is 0 Å². The number of aryl methyl sites for hydroxylation is 1. The number of rotatable bonds is 6. The standard InChI is InChI=1S/C20H31N3O2S/c1-13(2)21-20(25)22(14(3)4)11-12-23-18(24)16(6)26-19(23)17-10-8-7-9-15(17)5/h7-10,13-14,16,19H,11-12H2,1-6H3,(H,21,25)/t16-,19+/m1/s1. The molecule has 0 radical (unpaired) electrons. The van der Waals surface area contributed by atoms with Gasteiger partial charge in [-0.25, -0.2) is 4.79 Å². The zero-order valence-electron chi connectivity index (χ0n) is 16.7. The zero-order chi connectivity index (χ0) is 19.4. The molecule has 1 aromatic rings. The van der Waals surface area contributed by atoms with Crippen molar-refractivity contribution in [2.45, 2.75) is 64.2 Å². The Morgan fingerprint density at radius 2 is 1.92 bits per heavy atom. The van der Waals surface area contributed by atoms with Crippen LogP contribution in [0, 0.1) is 6.92 Å². The van der Waals surface area contributed by atoms with Gasteiger partial charge in [-0.2, -0.15) is 0 Å². The molecular formula is C20H31N3O2S. The third kappa shape index (κ3) is 4.72. The molecule has 2 atom stereocenters. The zero-order valence-corrected chi connectivity index (χ0v) is 17.5. The van der Waals surface area contributed by atoms with Crippen molar-refractivity contribution in [1.82, 2.24) is 15.1 Å². The minimum atomic E-state index is -0.0743. The maximum absolute atomic E-state index is 12.7. The molecule has 0 bridgehead atoms. The van der Waals surface area contributed by atoms with Crippen LogP contribution in [0.5, 0.6) is 0 Å². The van der Waals surface area contributed by atoms with Crippen LogP contribution in [0.1, 0.15) is 51.1 Å². The number of carbonyl (C=O) groups excluding carboxylic acids is 2. The molecule has 3 amide bonds. The Morgan fingerprint density at radius 3 is 2.50 bits per heavy atom. The van der Waals surface area contributed by atoms with Crippen molar-refractivity contribution in [3.63, 3.8) is 0 Å². The average molecular weight is 378 g/mol. The fourth-order valence-corrected chi connectivity index (χ4v) is 4.55. The monoisotopic (exact) mass is 377 g/mol. The summed E-state index contributed by atoms with van der Waals surface area (Å²) in [6.07, 6.45) is 0. The van der Waals surface area contributed by atoms with Gasteiger partial charge in [0.15, 0.2) is 0 Å². The van der Waals surface area contributed by atoms with Gasteiger partial charge < -0.3 is 15.1 Å². The normalized spacial score (nSPS) is 20.2. The van der Waals surface area contributed by atoms with E-state index in [4.69, 9.17) is 0 Å². The molecule has 1 N–H and O–H groups in total. The third-order valence-electron chi connectivity index (χ3n) is 4.58. The van der Waals surface area contributed by atoms with E-state index in [2.05, 4.69) is 24.4 Å². The molecule has 0 aromatic heterocycles. The molecule has 1 fully saturated rings. The van der Waals surface area contributed by atoms with Gasteiger partial charge in [0.1, 0.15) is 5.37 Å². The predicted molar refractivity (Wildman–Crippen MR) is 108 cm³/mol. The Bertz CT molecular complexity index is 648. The number of hydrogen-bond donors (Lipinski definition) is 1. The number of hydrogen-bond acceptors (Lipinski definition) is 3. The van der Waals surface area contributed by atoms with Crippen molar-refractivity contribution in [3.05, 3.63) is 35.4 Å². The van der Waals surface area contributed by atoms with Crippen LogP contribution in [0.15, 0.2) is 24.3 Å². The highest BCUT2D eigenvalue weighted by molar-refractivity contribution is 8.01. The number of thioether (sulfide) groups is 1. The summed E-state index contributed by atoms with van der Waals surface area (Å²) in [5, 5.41) is 2.91. The first-order chi connectivity index (χ1) is 12.2. The van der Waals surface area contributed by atoms with Crippen molar-refractivity contribution in [3.8, 4) is 0 Å². The summed E-state index contributed by atoms with van der Waals surface area (Å²) in [5.41, 5.74) is 2.37. The van der Waals surface area contributed by atoms with Gasteiger partial charge in [0, 0.05) is 25.2 Å². The smallest absolute Gasteiger partial charge is 0.317 e. The van der Waals surface area contributed by atoms with Crippen LogP contribution < -0.4 is 5.32 Å². The van der Waals surface area contributed by atoms with Gasteiger partial charge in [0.25, 0.3) is 0 Å². The van der Waals surface area contributed by atoms with E-state index in [1.807, 2.05) is 51.7 Å². The van der Waals surface area contributed by atoms with Gasteiger partial charge in [0.2, 0.25) is 5.91 Å². The molecule has 1 heterocycles. The van der Waals surface area contributed by atoms with E-state index in [0.717, 1.165) is 0 Å².